The molecule has 0 bridgehead atoms. The summed E-state index contributed by atoms with van der Waals surface area (Å²) < 4.78 is 2.01. The van der Waals surface area contributed by atoms with Crippen LogP contribution in [0.15, 0.2) is 71.9 Å². The lowest BCUT2D eigenvalue weighted by Gasteiger charge is -2.15. The van der Waals surface area contributed by atoms with Crippen molar-refractivity contribution in [3.63, 3.8) is 0 Å². The summed E-state index contributed by atoms with van der Waals surface area (Å²) in [5, 5.41) is 17.3. The number of carbonyl (C=O) groups is 1. The number of hydrogen-bond acceptors (Lipinski definition) is 5. The Hall–Kier alpha value is -2.71. The van der Waals surface area contributed by atoms with E-state index in [9.17, 15) is 4.79 Å². The van der Waals surface area contributed by atoms with Crippen LogP contribution in [0.1, 0.15) is 18.3 Å². The van der Waals surface area contributed by atoms with Crippen LogP contribution in [0.25, 0.3) is 0 Å². The Bertz CT molecular complexity index is 1310. The lowest BCUT2D eigenvalue weighted by Crippen LogP contribution is -2.14. The molecule has 1 aromatic heterocycles. The van der Waals surface area contributed by atoms with Crippen LogP contribution in [0.3, 0.4) is 0 Å². The first-order valence-electron chi connectivity index (χ1n) is 10.8. The predicted octanol–water partition coefficient (Wildman–Crippen LogP) is 7.32. The van der Waals surface area contributed by atoms with Crippen LogP contribution in [0.2, 0.25) is 15.1 Å². The van der Waals surface area contributed by atoms with Crippen molar-refractivity contribution in [1.29, 1.82) is 0 Å². The van der Waals surface area contributed by atoms with Gasteiger partial charge in [0.05, 0.1) is 21.5 Å². The molecule has 0 saturated carbocycles. The van der Waals surface area contributed by atoms with E-state index in [-0.39, 0.29) is 11.7 Å². The second-order valence-electron chi connectivity index (χ2n) is 7.54. The first kappa shape index (κ1) is 25.4. The highest BCUT2D eigenvalue weighted by Crippen LogP contribution is 2.34. The summed E-state index contributed by atoms with van der Waals surface area (Å²) in [5.74, 6) is 0.882. The van der Waals surface area contributed by atoms with Crippen LogP contribution < -0.4 is 10.6 Å². The van der Waals surface area contributed by atoms with Gasteiger partial charge in [-0.3, -0.25) is 4.79 Å². The Morgan fingerprint density at radius 3 is 2.37 bits per heavy atom. The third-order valence-electron chi connectivity index (χ3n) is 5.16. The number of aromatic nitrogens is 3. The number of para-hydroxylation sites is 2. The van der Waals surface area contributed by atoms with Crippen molar-refractivity contribution in [3.05, 3.63) is 93.2 Å². The molecule has 0 unspecified atom stereocenters. The predicted molar refractivity (Wildman–Crippen MR) is 145 cm³/mol. The largest absolute Gasteiger partial charge is 0.353 e. The zero-order chi connectivity index (χ0) is 24.8. The van der Waals surface area contributed by atoms with Gasteiger partial charge in [-0.05, 0) is 55.0 Å². The van der Waals surface area contributed by atoms with E-state index in [4.69, 9.17) is 34.8 Å². The molecule has 0 fully saturated rings. The molecule has 10 heteroatoms. The molecule has 180 valence electrons. The summed E-state index contributed by atoms with van der Waals surface area (Å²) in [5.41, 5.74) is 3.25. The second-order valence-corrected chi connectivity index (χ2v) is 9.74. The molecule has 3 aromatic carbocycles. The molecule has 1 amide bonds. The number of nitrogens with one attached hydrogen (secondary N) is 2. The molecule has 4 rings (SSSR count). The number of nitrogens with zero attached hydrogens (tertiary/aromatic N) is 3. The molecule has 35 heavy (non-hydrogen) atoms. The Morgan fingerprint density at radius 2 is 1.66 bits per heavy atom. The van der Waals surface area contributed by atoms with Gasteiger partial charge in [-0.25, -0.2) is 0 Å². The highest BCUT2D eigenvalue weighted by molar-refractivity contribution is 7.99. The fourth-order valence-electron chi connectivity index (χ4n) is 3.45. The van der Waals surface area contributed by atoms with Crippen LogP contribution in [-0.4, -0.2) is 26.4 Å². The zero-order valence-electron chi connectivity index (χ0n) is 18.8. The standard InChI is InChI=1S/C25H22Cl3N5OS/c1-2-33-22(31-32-25(33)35-15-23(34)29-18-12-10-17(26)11-13-18)14-16-6-3-4-9-21(16)30-24-19(27)7-5-8-20(24)28/h3-13,30H,2,14-15H2,1H3,(H,29,34). The molecule has 1 heterocycles. The summed E-state index contributed by atoms with van der Waals surface area (Å²) in [6.07, 6.45) is 0.545. The first-order valence-corrected chi connectivity index (χ1v) is 13.0. The minimum absolute atomic E-state index is 0.129. The summed E-state index contributed by atoms with van der Waals surface area (Å²) in [7, 11) is 0. The van der Waals surface area contributed by atoms with Crippen LogP contribution in [0, 0.1) is 0 Å². The zero-order valence-corrected chi connectivity index (χ0v) is 21.8. The molecule has 0 aliphatic rings. The van der Waals surface area contributed by atoms with Gasteiger partial charge in [-0.15, -0.1) is 10.2 Å². The van der Waals surface area contributed by atoms with E-state index >= 15 is 0 Å². The first-order chi connectivity index (χ1) is 16.9. The third kappa shape index (κ3) is 6.49. The fourth-order valence-corrected chi connectivity index (χ4v) is 4.89. The Balaban J connectivity index is 1.46. The van der Waals surface area contributed by atoms with Gasteiger partial charge in [0.25, 0.3) is 0 Å². The number of amides is 1. The van der Waals surface area contributed by atoms with Crippen molar-refractivity contribution in [2.45, 2.75) is 25.0 Å². The molecular weight excluding hydrogens is 525 g/mol. The monoisotopic (exact) mass is 545 g/mol. The Labute approximate surface area is 223 Å². The summed E-state index contributed by atoms with van der Waals surface area (Å²) >= 11 is 19.9. The van der Waals surface area contributed by atoms with Crippen LogP contribution in [-0.2, 0) is 17.8 Å². The number of hydrogen-bond donors (Lipinski definition) is 2. The van der Waals surface area contributed by atoms with Crippen molar-refractivity contribution in [2.75, 3.05) is 16.4 Å². The lowest BCUT2D eigenvalue weighted by atomic mass is 10.1. The van der Waals surface area contributed by atoms with Crippen molar-refractivity contribution in [2.24, 2.45) is 0 Å². The maximum absolute atomic E-state index is 12.4. The lowest BCUT2D eigenvalue weighted by molar-refractivity contribution is -0.113. The molecule has 0 radical (unpaired) electrons. The molecule has 0 spiro atoms. The SMILES string of the molecule is CCn1c(Cc2ccccc2Nc2c(Cl)cccc2Cl)nnc1SCC(=O)Nc1ccc(Cl)cc1. The second kappa shape index (κ2) is 11.8. The molecule has 0 atom stereocenters. The van der Waals surface area contributed by atoms with E-state index < -0.39 is 0 Å². The fraction of sp³-hybridized carbons (Fsp3) is 0.160. The average Bonchev–Trinajstić information content (AvgIpc) is 3.24. The Kier molecular flexibility index (Phi) is 8.57. The number of halogens is 3. The Morgan fingerprint density at radius 1 is 0.943 bits per heavy atom. The molecule has 6 nitrogen and oxygen atoms in total. The average molecular weight is 547 g/mol. The van der Waals surface area contributed by atoms with Gasteiger partial charge in [0.2, 0.25) is 5.91 Å². The van der Waals surface area contributed by atoms with Gasteiger partial charge in [0, 0.05) is 29.4 Å². The number of carbonyl (C=O) groups excluding carboxylic acids is 1. The van der Waals surface area contributed by atoms with E-state index in [1.165, 1.54) is 11.8 Å². The third-order valence-corrected chi connectivity index (χ3v) is 7.01. The van der Waals surface area contributed by atoms with Gasteiger partial charge in [-0.1, -0.05) is 70.8 Å². The van der Waals surface area contributed by atoms with E-state index in [2.05, 4.69) is 20.8 Å². The normalized spacial score (nSPS) is 10.9. The van der Waals surface area contributed by atoms with E-state index in [1.807, 2.05) is 35.8 Å². The molecular formula is C25H22Cl3N5OS. The maximum Gasteiger partial charge on any atom is 0.234 e. The van der Waals surface area contributed by atoms with Crippen molar-refractivity contribution >= 4 is 69.5 Å². The van der Waals surface area contributed by atoms with E-state index in [0.717, 1.165) is 17.1 Å². The van der Waals surface area contributed by atoms with Crippen LogP contribution in [0.4, 0.5) is 17.1 Å². The minimum atomic E-state index is -0.129. The number of thioether (sulfide) groups is 1. The summed E-state index contributed by atoms with van der Waals surface area (Å²) in [6.45, 7) is 2.70. The smallest absolute Gasteiger partial charge is 0.234 e. The maximum atomic E-state index is 12.4. The quantitative estimate of drug-likeness (QED) is 0.215. The van der Waals surface area contributed by atoms with Gasteiger partial charge < -0.3 is 15.2 Å². The van der Waals surface area contributed by atoms with Gasteiger partial charge in [-0.2, -0.15) is 0 Å². The van der Waals surface area contributed by atoms with Crippen LogP contribution in [0.5, 0.6) is 0 Å². The number of benzene rings is 3. The van der Waals surface area contributed by atoms with E-state index in [1.54, 1.807) is 42.5 Å². The van der Waals surface area contributed by atoms with Crippen molar-refractivity contribution < 1.29 is 4.79 Å². The molecule has 0 aliphatic carbocycles. The number of rotatable bonds is 9. The van der Waals surface area contributed by atoms with Gasteiger partial charge in [0.15, 0.2) is 5.16 Å². The number of anilines is 3. The highest BCUT2D eigenvalue weighted by Gasteiger charge is 2.16. The molecule has 0 saturated heterocycles. The van der Waals surface area contributed by atoms with Gasteiger partial charge in [0.1, 0.15) is 5.82 Å². The van der Waals surface area contributed by atoms with Crippen molar-refractivity contribution in [3.8, 4) is 0 Å². The van der Waals surface area contributed by atoms with Crippen LogP contribution >= 0.6 is 46.6 Å². The molecule has 4 aromatic rings. The summed E-state index contributed by atoms with van der Waals surface area (Å²) in [6, 6.07) is 20.3. The molecule has 2 N–H and O–H groups in total. The highest BCUT2D eigenvalue weighted by atomic mass is 35.5. The summed E-state index contributed by atoms with van der Waals surface area (Å²) in [4.78, 5) is 12.4. The molecule has 0 aliphatic heterocycles. The van der Waals surface area contributed by atoms with E-state index in [0.29, 0.717) is 44.6 Å². The van der Waals surface area contributed by atoms with Gasteiger partial charge >= 0.3 is 0 Å². The minimum Gasteiger partial charge on any atom is -0.353 e. The topological polar surface area (TPSA) is 71.8 Å². The van der Waals surface area contributed by atoms with Crippen molar-refractivity contribution in [1.82, 2.24) is 14.8 Å².